The highest BCUT2D eigenvalue weighted by molar-refractivity contribution is 7.92. The molecule has 32 heavy (non-hydrogen) atoms. The first-order valence-corrected chi connectivity index (χ1v) is 11.4. The molecule has 2 N–H and O–H groups in total. The van der Waals surface area contributed by atoms with Crippen molar-refractivity contribution in [2.24, 2.45) is 0 Å². The van der Waals surface area contributed by atoms with Gasteiger partial charge in [-0.1, -0.05) is 6.07 Å². The Labute approximate surface area is 183 Å². The number of aromatic nitrogens is 4. The van der Waals surface area contributed by atoms with Crippen LogP contribution in [0.2, 0.25) is 0 Å². The number of carbonyl (C=O) groups is 1. The molecule has 0 bridgehead atoms. The average molecular weight is 463 g/mol. The number of hydroxylamine groups is 1. The van der Waals surface area contributed by atoms with Crippen LogP contribution in [0.25, 0.3) is 16.8 Å². The molecule has 3 rings (SSSR count). The van der Waals surface area contributed by atoms with Crippen LogP contribution in [0, 0.1) is 12.7 Å². The molecule has 0 fully saturated rings. The van der Waals surface area contributed by atoms with Crippen LogP contribution in [-0.2, 0) is 21.2 Å². The second-order valence-electron chi connectivity index (χ2n) is 7.58. The van der Waals surface area contributed by atoms with Gasteiger partial charge in [-0.2, -0.15) is 15.0 Å². The average Bonchev–Trinajstić information content (AvgIpc) is 3.26. The van der Waals surface area contributed by atoms with Crippen molar-refractivity contribution >= 4 is 15.7 Å². The molecule has 10 nitrogen and oxygen atoms in total. The number of hydrogen-bond acceptors (Lipinski definition) is 7. The van der Waals surface area contributed by atoms with E-state index < -0.39 is 31.9 Å². The number of hydrogen-bond donors (Lipinski definition) is 2. The fraction of sp³-hybridized carbons (Fsp3) is 0.300. The summed E-state index contributed by atoms with van der Waals surface area (Å²) in [5, 5.41) is 17.0. The molecule has 0 aliphatic rings. The fourth-order valence-corrected chi connectivity index (χ4v) is 4.09. The van der Waals surface area contributed by atoms with Crippen molar-refractivity contribution in [3.63, 3.8) is 0 Å². The zero-order chi connectivity index (χ0) is 23.7. The van der Waals surface area contributed by atoms with Crippen molar-refractivity contribution in [3.05, 3.63) is 64.6 Å². The third kappa shape index (κ3) is 4.32. The Hall–Kier alpha value is -3.38. The minimum Gasteiger partial charge on any atom is -0.312 e. The van der Waals surface area contributed by atoms with Gasteiger partial charge in [0.05, 0.1) is 18.1 Å². The van der Waals surface area contributed by atoms with E-state index in [4.69, 9.17) is 5.21 Å². The minimum atomic E-state index is -3.94. The van der Waals surface area contributed by atoms with Crippen LogP contribution in [-0.4, -0.2) is 50.1 Å². The van der Waals surface area contributed by atoms with Gasteiger partial charge < -0.3 is 4.57 Å². The molecule has 0 radical (unpaired) electrons. The number of sulfone groups is 1. The van der Waals surface area contributed by atoms with Crippen LogP contribution in [0.3, 0.4) is 0 Å². The Morgan fingerprint density at radius 1 is 1.25 bits per heavy atom. The minimum absolute atomic E-state index is 0.0771. The highest BCUT2D eigenvalue weighted by atomic mass is 32.2. The number of aryl methyl sites for hydroxylation is 2. The Morgan fingerprint density at radius 2 is 1.91 bits per heavy atom. The maximum absolute atomic E-state index is 14.9. The Balaban J connectivity index is 1.91. The summed E-state index contributed by atoms with van der Waals surface area (Å²) in [6.07, 6.45) is 4.54. The molecule has 3 aromatic rings. The number of nitrogens with one attached hydrogen (secondary N) is 1. The second kappa shape index (κ2) is 8.63. The van der Waals surface area contributed by atoms with E-state index >= 15 is 0 Å². The summed E-state index contributed by atoms with van der Waals surface area (Å²) >= 11 is 0. The standard InChI is InChI=1S/C20H22FN5O5S/c1-13-10-14(4-5-17(13)26-22-7-8-23-26)15-11-18(27)25(12-16(15)21)9-6-20(2,19(28)24-29)32(3,30)31/h4-5,7-8,10-12,29H,6,9H2,1-3H3,(H,24,28)/t20-/m1/s1. The summed E-state index contributed by atoms with van der Waals surface area (Å²) < 4.78 is 38.0. The lowest BCUT2D eigenvalue weighted by Crippen LogP contribution is -2.50. The number of amides is 1. The molecule has 1 atom stereocenters. The predicted octanol–water partition coefficient (Wildman–Crippen LogP) is 1.24. The maximum atomic E-state index is 14.9. The highest BCUT2D eigenvalue weighted by Crippen LogP contribution is 2.26. The summed E-state index contributed by atoms with van der Waals surface area (Å²) in [5.74, 6) is -1.82. The molecule has 1 amide bonds. The lowest BCUT2D eigenvalue weighted by atomic mass is 10.0. The first-order chi connectivity index (χ1) is 15.0. The summed E-state index contributed by atoms with van der Waals surface area (Å²) in [7, 11) is -3.94. The second-order valence-corrected chi connectivity index (χ2v) is 10.0. The molecule has 1 aromatic carbocycles. The Morgan fingerprint density at radius 3 is 2.47 bits per heavy atom. The predicted molar refractivity (Wildman–Crippen MR) is 114 cm³/mol. The van der Waals surface area contributed by atoms with Gasteiger partial charge in [0.1, 0.15) is 5.82 Å². The van der Waals surface area contributed by atoms with Gasteiger partial charge in [0.2, 0.25) is 0 Å². The Bertz CT molecular complexity index is 1320. The molecule has 2 heterocycles. The van der Waals surface area contributed by atoms with Crippen LogP contribution >= 0.6 is 0 Å². The smallest absolute Gasteiger partial charge is 0.264 e. The Kier molecular flexibility index (Phi) is 6.28. The van der Waals surface area contributed by atoms with Gasteiger partial charge in [-0.05, 0) is 43.5 Å². The van der Waals surface area contributed by atoms with E-state index in [9.17, 15) is 22.4 Å². The molecular formula is C20H22FN5O5S. The molecule has 12 heteroatoms. The van der Waals surface area contributed by atoms with Crippen LogP contribution in [0.15, 0.2) is 47.7 Å². The lowest BCUT2D eigenvalue weighted by molar-refractivity contribution is -0.131. The van der Waals surface area contributed by atoms with Crippen LogP contribution in [0.1, 0.15) is 18.9 Å². The number of rotatable bonds is 7. The summed E-state index contributed by atoms with van der Waals surface area (Å²) in [4.78, 5) is 25.9. The van der Waals surface area contributed by atoms with Gasteiger partial charge in [-0.15, -0.1) is 0 Å². The molecule has 0 saturated heterocycles. The van der Waals surface area contributed by atoms with E-state index in [0.717, 1.165) is 35.6 Å². The van der Waals surface area contributed by atoms with E-state index in [2.05, 4.69) is 10.2 Å². The van der Waals surface area contributed by atoms with E-state index in [0.29, 0.717) is 11.3 Å². The van der Waals surface area contributed by atoms with Crippen molar-refractivity contribution in [3.8, 4) is 16.8 Å². The van der Waals surface area contributed by atoms with E-state index in [1.165, 1.54) is 22.7 Å². The van der Waals surface area contributed by atoms with E-state index in [-0.39, 0.29) is 18.5 Å². The molecule has 2 aromatic heterocycles. The first-order valence-electron chi connectivity index (χ1n) is 9.50. The highest BCUT2D eigenvalue weighted by Gasteiger charge is 2.43. The van der Waals surface area contributed by atoms with Crippen molar-refractivity contribution in [1.82, 2.24) is 25.0 Å². The number of carbonyl (C=O) groups excluding carboxylic acids is 1. The SMILES string of the molecule is Cc1cc(-c2cc(=O)n(CC[C@](C)(C(=O)NO)S(C)(=O)=O)cc2F)ccc1-n1nccn1. The lowest BCUT2D eigenvalue weighted by Gasteiger charge is -2.25. The largest absolute Gasteiger partial charge is 0.312 e. The van der Waals surface area contributed by atoms with Crippen LogP contribution < -0.4 is 11.0 Å². The molecule has 0 unspecified atom stereocenters. The van der Waals surface area contributed by atoms with Crippen molar-refractivity contribution < 1.29 is 22.8 Å². The topological polar surface area (TPSA) is 136 Å². The maximum Gasteiger partial charge on any atom is 0.264 e. The van der Waals surface area contributed by atoms with Crippen molar-refractivity contribution in [2.75, 3.05) is 6.26 Å². The summed E-state index contributed by atoms with van der Waals surface area (Å²) in [5.41, 5.74) is 2.78. The zero-order valence-corrected chi connectivity index (χ0v) is 18.4. The van der Waals surface area contributed by atoms with Gasteiger partial charge in [0.15, 0.2) is 14.6 Å². The monoisotopic (exact) mass is 463 g/mol. The fourth-order valence-electron chi connectivity index (χ4n) is 3.25. The molecule has 0 spiro atoms. The van der Waals surface area contributed by atoms with Gasteiger partial charge >= 0.3 is 0 Å². The van der Waals surface area contributed by atoms with E-state index in [1.54, 1.807) is 25.1 Å². The molecule has 170 valence electrons. The quantitative estimate of drug-likeness (QED) is 0.397. The third-order valence-corrected chi connectivity index (χ3v) is 7.48. The molecule has 0 saturated carbocycles. The zero-order valence-electron chi connectivity index (χ0n) is 17.6. The van der Waals surface area contributed by atoms with Gasteiger partial charge in [-0.25, -0.2) is 18.3 Å². The van der Waals surface area contributed by atoms with Gasteiger partial charge in [0.25, 0.3) is 11.5 Å². The van der Waals surface area contributed by atoms with E-state index in [1.807, 2.05) is 0 Å². The third-order valence-electron chi connectivity index (χ3n) is 5.45. The molecule has 0 aliphatic carbocycles. The van der Waals surface area contributed by atoms with Gasteiger partial charge in [0, 0.05) is 30.6 Å². The van der Waals surface area contributed by atoms with Crippen LogP contribution in [0.4, 0.5) is 4.39 Å². The van der Waals surface area contributed by atoms with Crippen LogP contribution in [0.5, 0.6) is 0 Å². The summed E-state index contributed by atoms with van der Waals surface area (Å²) in [6.45, 7) is 2.68. The summed E-state index contributed by atoms with van der Waals surface area (Å²) in [6, 6.07) is 6.16. The number of nitrogens with zero attached hydrogens (tertiary/aromatic N) is 4. The molecule has 0 aliphatic heterocycles. The first kappa shape index (κ1) is 23.3. The van der Waals surface area contributed by atoms with Gasteiger partial charge in [-0.3, -0.25) is 14.8 Å². The number of pyridine rings is 1. The number of halogens is 1. The normalized spacial score (nSPS) is 13.5. The van der Waals surface area contributed by atoms with Crippen molar-refractivity contribution in [2.45, 2.75) is 31.6 Å². The van der Waals surface area contributed by atoms with Crippen molar-refractivity contribution in [1.29, 1.82) is 0 Å². The molecular weight excluding hydrogens is 441 g/mol. The number of benzene rings is 1.